The van der Waals surface area contributed by atoms with Gasteiger partial charge in [0.1, 0.15) is 4.88 Å². The number of rotatable bonds is 1. The Morgan fingerprint density at radius 3 is 2.53 bits per heavy atom. The molecule has 2 unspecified atom stereocenters. The molecule has 1 aromatic heterocycles. The maximum absolute atomic E-state index is 12.3. The molecule has 0 saturated carbocycles. The minimum absolute atomic E-state index is 0.0127. The summed E-state index contributed by atoms with van der Waals surface area (Å²) in [5, 5.41) is 0.445. The molecular formula is C11H17N3O2S. The van der Waals surface area contributed by atoms with Crippen LogP contribution in [0.2, 0.25) is 0 Å². The molecule has 5 nitrogen and oxygen atoms in total. The molecule has 1 aliphatic heterocycles. The van der Waals surface area contributed by atoms with Gasteiger partial charge in [0.15, 0.2) is 5.13 Å². The normalized spacial score (nSPS) is 25.0. The molecule has 6 heteroatoms. The van der Waals surface area contributed by atoms with Crippen molar-refractivity contribution in [1.82, 2.24) is 9.88 Å². The molecule has 2 N–H and O–H groups in total. The van der Waals surface area contributed by atoms with Crippen LogP contribution in [-0.2, 0) is 4.74 Å². The fraction of sp³-hybridized carbons (Fsp3) is 0.636. The highest BCUT2D eigenvalue weighted by Gasteiger charge is 2.28. The number of amides is 1. The van der Waals surface area contributed by atoms with E-state index >= 15 is 0 Å². The molecule has 2 heterocycles. The number of aryl methyl sites for hydroxylation is 1. The zero-order valence-corrected chi connectivity index (χ0v) is 11.1. The van der Waals surface area contributed by atoms with Crippen LogP contribution < -0.4 is 5.73 Å². The molecule has 0 bridgehead atoms. The first-order valence-corrected chi connectivity index (χ1v) is 6.46. The van der Waals surface area contributed by atoms with E-state index in [2.05, 4.69) is 4.98 Å². The number of ether oxygens (including phenoxy) is 1. The van der Waals surface area contributed by atoms with E-state index in [-0.39, 0.29) is 18.1 Å². The van der Waals surface area contributed by atoms with Crippen LogP contribution in [0.4, 0.5) is 5.13 Å². The zero-order chi connectivity index (χ0) is 12.6. The number of carbonyl (C=O) groups excluding carboxylic acids is 1. The van der Waals surface area contributed by atoms with E-state index in [0.717, 1.165) is 0 Å². The molecule has 0 aromatic carbocycles. The second-order valence-corrected chi connectivity index (χ2v) is 5.46. The minimum atomic E-state index is 0.0127. The Balaban J connectivity index is 2.17. The lowest BCUT2D eigenvalue weighted by Gasteiger charge is -2.35. The van der Waals surface area contributed by atoms with Gasteiger partial charge in [-0.05, 0) is 20.8 Å². The third kappa shape index (κ3) is 2.58. The Kier molecular flexibility index (Phi) is 3.35. The Bertz CT molecular complexity index is 422. The summed E-state index contributed by atoms with van der Waals surface area (Å²) in [4.78, 5) is 18.9. The summed E-state index contributed by atoms with van der Waals surface area (Å²) >= 11 is 1.25. The SMILES string of the molecule is Cc1nc(N)sc1C(=O)N1CC(C)OC(C)C1. The highest BCUT2D eigenvalue weighted by Crippen LogP contribution is 2.23. The first-order chi connectivity index (χ1) is 7.97. The summed E-state index contributed by atoms with van der Waals surface area (Å²) in [6, 6.07) is 0. The lowest BCUT2D eigenvalue weighted by molar-refractivity contribution is -0.0585. The average molecular weight is 255 g/mol. The van der Waals surface area contributed by atoms with Crippen LogP contribution in [0.5, 0.6) is 0 Å². The molecule has 1 aliphatic rings. The third-order valence-electron chi connectivity index (χ3n) is 2.71. The number of thiazole rings is 1. The number of carbonyl (C=O) groups is 1. The van der Waals surface area contributed by atoms with Gasteiger partial charge in [-0.25, -0.2) is 4.98 Å². The second-order valence-electron chi connectivity index (χ2n) is 4.43. The van der Waals surface area contributed by atoms with E-state index in [1.54, 1.807) is 0 Å². The number of hydrogen-bond acceptors (Lipinski definition) is 5. The molecule has 1 saturated heterocycles. The van der Waals surface area contributed by atoms with Crippen LogP contribution in [0, 0.1) is 6.92 Å². The molecule has 17 heavy (non-hydrogen) atoms. The van der Waals surface area contributed by atoms with Gasteiger partial charge in [-0.1, -0.05) is 11.3 Å². The first kappa shape index (κ1) is 12.3. The molecule has 2 atom stereocenters. The Morgan fingerprint density at radius 1 is 1.47 bits per heavy atom. The minimum Gasteiger partial charge on any atom is -0.375 e. The van der Waals surface area contributed by atoms with Crippen molar-refractivity contribution in [3.05, 3.63) is 10.6 Å². The molecule has 2 rings (SSSR count). The second kappa shape index (κ2) is 4.62. The standard InChI is InChI=1S/C11H17N3O2S/c1-6-4-14(5-7(2)16-6)10(15)9-8(3)13-11(12)17-9/h6-7H,4-5H2,1-3H3,(H2,12,13). The number of morpholine rings is 1. The van der Waals surface area contributed by atoms with E-state index < -0.39 is 0 Å². The number of nitrogens with zero attached hydrogens (tertiary/aromatic N) is 2. The van der Waals surface area contributed by atoms with Gasteiger partial charge in [0.2, 0.25) is 0 Å². The monoisotopic (exact) mass is 255 g/mol. The number of nitrogens with two attached hydrogens (primary N) is 1. The first-order valence-electron chi connectivity index (χ1n) is 5.65. The number of hydrogen-bond donors (Lipinski definition) is 1. The van der Waals surface area contributed by atoms with Crippen molar-refractivity contribution >= 4 is 22.4 Å². The van der Waals surface area contributed by atoms with Crippen molar-refractivity contribution < 1.29 is 9.53 Å². The fourth-order valence-corrected chi connectivity index (χ4v) is 2.90. The molecule has 94 valence electrons. The molecular weight excluding hydrogens is 238 g/mol. The summed E-state index contributed by atoms with van der Waals surface area (Å²) in [5.41, 5.74) is 6.33. The molecule has 1 amide bonds. The lowest BCUT2D eigenvalue weighted by Crippen LogP contribution is -2.48. The maximum atomic E-state index is 12.3. The van der Waals surface area contributed by atoms with Gasteiger partial charge >= 0.3 is 0 Å². The molecule has 0 aliphatic carbocycles. The largest absolute Gasteiger partial charge is 0.375 e. The van der Waals surface area contributed by atoms with Gasteiger partial charge < -0.3 is 15.4 Å². The van der Waals surface area contributed by atoms with Crippen molar-refractivity contribution in [2.75, 3.05) is 18.8 Å². The topological polar surface area (TPSA) is 68.5 Å². The Morgan fingerprint density at radius 2 is 2.06 bits per heavy atom. The highest BCUT2D eigenvalue weighted by molar-refractivity contribution is 7.17. The Hall–Kier alpha value is -1.14. The van der Waals surface area contributed by atoms with Crippen LogP contribution in [0.3, 0.4) is 0 Å². The predicted octanol–water partition coefficient (Wildman–Crippen LogP) is 1.28. The van der Waals surface area contributed by atoms with Crippen LogP contribution in [-0.4, -0.2) is 41.1 Å². The smallest absolute Gasteiger partial charge is 0.266 e. The van der Waals surface area contributed by atoms with Crippen LogP contribution in [0.1, 0.15) is 29.2 Å². The van der Waals surface area contributed by atoms with Gasteiger partial charge in [0.25, 0.3) is 5.91 Å². The summed E-state index contributed by atoms with van der Waals surface area (Å²) < 4.78 is 5.61. The van der Waals surface area contributed by atoms with E-state index in [9.17, 15) is 4.79 Å². The van der Waals surface area contributed by atoms with Gasteiger partial charge in [0, 0.05) is 13.1 Å². The lowest BCUT2D eigenvalue weighted by atomic mass is 10.2. The number of nitrogen functional groups attached to an aromatic ring is 1. The molecule has 0 radical (unpaired) electrons. The van der Waals surface area contributed by atoms with Gasteiger partial charge in [-0.3, -0.25) is 4.79 Å². The van der Waals surface area contributed by atoms with E-state index in [1.165, 1.54) is 11.3 Å². The van der Waals surface area contributed by atoms with Gasteiger partial charge in [0.05, 0.1) is 17.9 Å². The number of anilines is 1. The van der Waals surface area contributed by atoms with E-state index in [1.807, 2.05) is 25.7 Å². The Labute approximate surface area is 105 Å². The summed E-state index contributed by atoms with van der Waals surface area (Å²) in [6.07, 6.45) is 0.154. The van der Waals surface area contributed by atoms with Crippen LogP contribution >= 0.6 is 11.3 Å². The highest BCUT2D eigenvalue weighted by atomic mass is 32.1. The van der Waals surface area contributed by atoms with Crippen molar-refractivity contribution in [1.29, 1.82) is 0 Å². The average Bonchev–Trinajstić information content (AvgIpc) is 2.55. The third-order valence-corrected chi connectivity index (χ3v) is 3.69. The van der Waals surface area contributed by atoms with Crippen LogP contribution in [0.25, 0.3) is 0 Å². The molecule has 1 aromatic rings. The molecule has 0 spiro atoms. The summed E-state index contributed by atoms with van der Waals surface area (Å²) in [6.45, 7) is 7.02. The van der Waals surface area contributed by atoms with Crippen molar-refractivity contribution in [3.63, 3.8) is 0 Å². The summed E-state index contributed by atoms with van der Waals surface area (Å²) in [5.74, 6) is 0.0127. The summed E-state index contributed by atoms with van der Waals surface area (Å²) in [7, 11) is 0. The fourth-order valence-electron chi connectivity index (χ4n) is 2.10. The van der Waals surface area contributed by atoms with E-state index in [4.69, 9.17) is 10.5 Å². The van der Waals surface area contributed by atoms with Crippen molar-refractivity contribution in [3.8, 4) is 0 Å². The van der Waals surface area contributed by atoms with Crippen molar-refractivity contribution in [2.45, 2.75) is 33.0 Å². The van der Waals surface area contributed by atoms with Gasteiger partial charge in [-0.2, -0.15) is 0 Å². The quantitative estimate of drug-likeness (QED) is 0.821. The molecule has 1 fully saturated rings. The van der Waals surface area contributed by atoms with Gasteiger partial charge in [-0.15, -0.1) is 0 Å². The predicted molar refractivity (Wildman–Crippen MR) is 67.2 cm³/mol. The maximum Gasteiger partial charge on any atom is 0.266 e. The van der Waals surface area contributed by atoms with Crippen molar-refractivity contribution in [2.24, 2.45) is 0 Å². The number of aromatic nitrogens is 1. The van der Waals surface area contributed by atoms with Crippen LogP contribution in [0.15, 0.2) is 0 Å². The van der Waals surface area contributed by atoms with E-state index in [0.29, 0.717) is 28.8 Å². The zero-order valence-electron chi connectivity index (χ0n) is 10.3.